The van der Waals surface area contributed by atoms with Crippen molar-refractivity contribution in [1.82, 2.24) is 15.3 Å². The van der Waals surface area contributed by atoms with Gasteiger partial charge in [-0.3, -0.25) is 0 Å². The van der Waals surface area contributed by atoms with E-state index in [-0.39, 0.29) is 24.2 Å². The molecule has 1 heterocycles. The van der Waals surface area contributed by atoms with E-state index >= 15 is 0 Å². The van der Waals surface area contributed by atoms with E-state index < -0.39 is 17.6 Å². The molecule has 1 aliphatic rings. The predicted molar refractivity (Wildman–Crippen MR) is 122 cm³/mol. The molecule has 0 unspecified atom stereocenters. The topological polar surface area (TPSA) is 53.1 Å². The van der Waals surface area contributed by atoms with Crippen molar-refractivity contribution >= 4 is 22.7 Å². The summed E-state index contributed by atoms with van der Waals surface area (Å²) in [5.41, 5.74) is -0.315. The van der Waals surface area contributed by atoms with E-state index in [4.69, 9.17) is 0 Å². The van der Waals surface area contributed by atoms with E-state index in [1.165, 1.54) is 12.1 Å². The Kier molecular flexibility index (Phi) is 6.69. The highest BCUT2D eigenvalue weighted by Gasteiger charge is 2.34. The van der Waals surface area contributed by atoms with Crippen molar-refractivity contribution in [3.63, 3.8) is 0 Å². The number of hydrogen-bond donors (Lipinski definition) is 2. The van der Waals surface area contributed by atoms with Crippen molar-refractivity contribution in [2.24, 2.45) is 0 Å². The van der Waals surface area contributed by atoms with Gasteiger partial charge in [-0.15, -0.1) is 0 Å². The quantitative estimate of drug-likeness (QED) is 0.484. The second-order valence-corrected chi connectivity index (χ2v) is 8.63. The highest BCUT2D eigenvalue weighted by atomic mass is 19.4. The Labute approximate surface area is 190 Å². The van der Waals surface area contributed by atoms with Gasteiger partial charge < -0.3 is 15.5 Å². The molecule has 0 atom stereocenters. The molecule has 0 amide bonds. The molecule has 0 aliphatic heterocycles. The average Bonchev–Trinajstić information content (AvgIpc) is 2.78. The Morgan fingerprint density at radius 3 is 2.33 bits per heavy atom. The molecule has 1 aliphatic carbocycles. The maximum absolute atomic E-state index is 14.2. The number of fused-ring (bicyclic) bond motifs is 1. The number of nitrogens with zero attached hydrogens (tertiary/aromatic N) is 3. The fourth-order valence-electron chi connectivity index (χ4n) is 4.28. The number of anilines is 2. The molecule has 1 fully saturated rings. The zero-order valence-corrected chi connectivity index (χ0v) is 18.6. The van der Waals surface area contributed by atoms with Gasteiger partial charge in [-0.2, -0.15) is 18.2 Å². The second kappa shape index (κ2) is 9.51. The van der Waals surface area contributed by atoms with Gasteiger partial charge in [0.2, 0.25) is 5.95 Å². The third kappa shape index (κ3) is 5.35. The molecule has 3 aromatic rings. The molecular formula is C24H27F4N5. The summed E-state index contributed by atoms with van der Waals surface area (Å²) in [7, 11) is 3.89. The van der Waals surface area contributed by atoms with Crippen LogP contribution >= 0.6 is 0 Å². The van der Waals surface area contributed by atoms with Crippen LogP contribution in [-0.4, -0.2) is 36.1 Å². The zero-order chi connectivity index (χ0) is 23.6. The number of alkyl halides is 3. The van der Waals surface area contributed by atoms with Crippen LogP contribution in [0.4, 0.5) is 29.3 Å². The lowest BCUT2D eigenvalue weighted by Crippen LogP contribution is -2.37. The third-order valence-electron chi connectivity index (χ3n) is 6.03. The van der Waals surface area contributed by atoms with Crippen LogP contribution in [-0.2, 0) is 12.7 Å². The van der Waals surface area contributed by atoms with Gasteiger partial charge in [-0.1, -0.05) is 24.3 Å². The second-order valence-electron chi connectivity index (χ2n) is 8.63. The average molecular weight is 462 g/mol. The van der Waals surface area contributed by atoms with Crippen molar-refractivity contribution < 1.29 is 17.6 Å². The van der Waals surface area contributed by atoms with Gasteiger partial charge in [0.15, 0.2) is 0 Å². The van der Waals surface area contributed by atoms with Crippen LogP contribution in [0.25, 0.3) is 10.9 Å². The highest BCUT2D eigenvalue weighted by molar-refractivity contribution is 5.90. The van der Waals surface area contributed by atoms with Crippen molar-refractivity contribution in [1.29, 1.82) is 0 Å². The Balaban J connectivity index is 1.35. The minimum Gasteiger partial charge on any atom is -0.362 e. The van der Waals surface area contributed by atoms with Crippen molar-refractivity contribution in [2.45, 2.75) is 50.5 Å². The first-order valence-corrected chi connectivity index (χ1v) is 11.0. The molecule has 4 rings (SSSR count). The normalized spacial score (nSPS) is 19.0. The van der Waals surface area contributed by atoms with Gasteiger partial charge in [0, 0.05) is 43.7 Å². The van der Waals surface area contributed by atoms with Gasteiger partial charge >= 0.3 is 6.18 Å². The number of halogens is 4. The van der Waals surface area contributed by atoms with E-state index in [0.29, 0.717) is 5.95 Å². The lowest BCUT2D eigenvalue weighted by atomic mass is 9.91. The first-order chi connectivity index (χ1) is 15.7. The van der Waals surface area contributed by atoms with Crippen LogP contribution in [0.5, 0.6) is 0 Å². The Morgan fingerprint density at radius 1 is 0.939 bits per heavy atom. The van der Waals surface area contributed by atoms with Crippen LogP contribution in [0, 0.1) is 5.82 Å². The first-order valence-electron chi connectivity index (χ1n) is 11.0. The van der Waals surface area contributed by atoms with Gasteiger partial charge in [0.1, 0.15) is 11.6 Å². The predicted octanol–water partition coefficient (Wildman–Crippen LogP) is 5.37. The monoisotopic (exact) mass is 461 g/mol. The number of nitrogens with one attached hydrogen (secondary N) is 2. The van der Waals surface area contributed by atoms with Gasteiger partial charge in [-0.25, -0.2) is 9.37 Å². The van der Waals surface area contributed by atoms with Crippen molar-refractivity contribution in [2.75, 3.05) is 24.3 Å². The largest absolute Gasteiger partial charge is 0.419 e. The van der Waals surface area contributed by atoms with Gasteiger partial charge in [-0.05, 0) is 43.9 Å². The summed E-state index contributed by atoms with van der Waals surface area (Å²) in [5.74, 6) is 0.236. The standard InChI is InChI=1S/C24H27F4N5/c1-33(2)22-18-7-3-4-9-20(18)31-23(32-22)30-17-12-10-16(11-13-17)29-14-15-6-5-8-19(21(15)25)24(26,27)28/h3-9,16-17,29H,10-14H2,1-2H3,(H,30,31,32)/t16-,17+. The van der Waals surface area contributed by atoms with E-state index in [1.54, 1.807) is 0 Å². The SMILES string of the molecule is CN(C)c1nc(N[C@H]2CC[C@@H](NCc3cccc(C(F)(F)F)c3F)CC2)nc2ccccc12. The fraction of sp³-hybridized carbons (Fsp3) is 0.417. The molecule has 2 aromatic carbocycles. The molecule has 0 spiro atoms. The van der Waals surface area contributed by atoms with Crippen LogP contribution in [0.3, 0.4) is 0 Å². The smallest absolute Gasteiger partial charge is 0.362 e. The van der Waals surface area contributed by atoms with Gasteiger partial charge in [0.05, 0.1) is 11.1 Å². The molecular weight excluding hydrogens is 434 g/mol. The molecule has 9 heteroatoms. The number of rotatable bonds is 6. The van der Waals surface area contributed by atoms with Crippen LogP contribution in [0.1, 0.15) is 36.8 Å². The minimum atomic E-state index is -4.69. The third-order valence-corrected chi connectivity index (χ3v) is 6.03. The number of para-hydroxylation sites is 1. The zero-order valence-electron chi connectivity index (χ0n) is 18.6. The highest BCUT2D eigenvalue weighted by Crippen LogP contribution is 2.32. The first kappa shape index (κ1) is 23.2. The maximum Gasteiger partial charge on any atom is 0.419 e. The summed E-state index contributed by atoms with van der Waals surface area (Å²) in [6.45, 7) is 0.0680. The summed E-state index contributed by atoms with van der Waals surface area (Å²) in [4.78, 5) is 11.3. The summed E-state index contributed by atoms with van der Waals surface area (Å²) in [6.07, 6.45) is -1.33. The molecule has 0 saturated heterocycles. The molecule has 0 radical (unpaired) electrons. The lowest BCUT2D eigenvalue weighted by Gasteiger charge is -2.30. The molecule has 33 heavy (non-hydrogen) atoms. The maximum atomic E-state index is 14.2. The van der Waals surface area contributed by atoms with E-state index in [9.17, 15) is 17.6 Å². The van der Waals surface area contributed by atoms with Crippen LogP contribution in [0.2, 0.25) is 0 Å². The Bertz CT molecular complexity index is 1110. The lowest BCUT2D eigenvalue weighted by molar-refractivity contribution is -0.140. The number of aromatic nitrogens is 2. The van der Waals surface area contributed by atoms with E-state index in [1.807, 2.05) is 43.3 Å². The molecule has 1 saturated carbocycles. The number of hydrogen-bond acceptors (Lipinski definition) is 5. The van der Waals surface area contributed by atoms with E-state index in [2.05, 4.69) is 20.6 Å². The van der Waals surface area contributed by atoms with E-state index in [0.717, 1.165) is 48.5 Å². The summed E-state index contributed by atoms with van der Waals surface area (Å²) in [5, 5.41) is 7.64. The molecule has 2 N–H and O–H groups in total. The molecule has 176 valence electrons. The molecule has 1 aromatic heterocycles. The number of benzene rings is 2. The Hall–Kier alpha value is -2.94. The van der Waals surface area contributed by atoms with Crippen molar-refractivity contribution in [3.05, 3.63) is 59.4 Å². The summed E-state index contributed by atoms with van der Waals surface area (Å²) < 4.78 is 53.0. The van der Waals surface area contributed by atoms with Crippen LogP contribution in [0.15, 0.2) is 42.5 Å². The molecule has 0 bridgehead atoms. The van der Waals surface area contributed by atoms with Gasteiger partial charge in [0.25, 0.3) is 0 Å². The van der Waals surface area contributed by atoms with Crippen molar-refractivity contribution in [3.8, 4) is 0 Å². The Morgan fingerprint density at radius 2 is 1.64 bits per heavy atom. The molecule has 5 nitrogen and oxygen atoms in total. The summed E-state index contributed by atoms with van der Waals surface area (Å²) >= 11 is 0. The summed E-state index contributed by atoms with van der Waals surface area (Å²) in [6, 6.07) is 11.6. The van der Waals surface area contributed by atoms with Crippen LogP contribution < -0.4 is 15.5 Å². The minimum absolute atomic E-state index is 0.0332. The fourth-order valence-corrected chi connectivity index (χ4v) is 4.28.